The molecular formula is C8H18NO4P. The summed E-state index contributed by atoms with van der Waals surface area (Å²) in [6.07, 6.45) is 6.53. The highest BCUT2D eigenvalue weighted by Gasteiger charge is 2.15. The molecule has 1 atom stereocenters. The molecule has 0 radical (unpaired) electrons. The van der Waals surface area contributed by atoms with Gasteiger partial charge in [-0.3, -0.25) is 4.52 Å². The predicted octanol–water partition coefficient (Wildman–Crippen LogP) is 1.17. The first kappa shape index (κ1) is 13.8. The number of rotatable bonds is 7. The van der Waals surface area contributed by atoms with Crippen LogP contribution in [0.4, 0.5) is 0 Å². The number of hydrogen-bond acceptors (Lipinski definition) is 3. The van der Waals surface area contributed by atoms with Crippen molar-refractivity contribution in [3.8, 4) is 0 Å². The van der Waals surface area contributed by atoms with Crippen LogP contribution in [0, 0.1) is 0 Å². The minimum Gasteiger partial charge on any atom is -0.325 e. The molecule has 0 saturated carbocycles. The molecule has 0 aromatic heterocycles. The molecule has 6 heteroatoms. The Hall–Kier alpha value is -0.190. The predicted molar refractivity (Wildman–Crippen MR) is 54.6 cm³/mol. The molecule has 0 aliphatic rings. The molecule has 1 unspecified atom stereocenters. The van der Waals surface area contributed by atoms with Crippen molar-refractivity contribution in [1.82, 2.24) is 0 Å². The second-order valence-electron chi connectivity index (χ2n) is 3.04. The Morgan fingerprint density at radius 2 is 2.14 bits per heavy atom. The van der Waals surface area contributed by atoms with Crippen LogP contribution < -0.4 is 5.73 Å². The Morgan fingerprint density at radius 3 is 2.64 bits per heavy atom. The molecule has 0 saturated heterocycles. The minimum absolute atomic E-state index is 0.124. The molecule has 0 aromatic rings. The van der Waals surface area contributed by atoms with Crippen LogP contribution >= 0.6 is 7.82 Å². The van der Waals surface area contributed by atoms with E-state index in [1.165, 1.54) is 0 Å². The number of allylic oxidation sites excluding steroid dienone is 1. The van der Waals surface area contributed by atoms with E-state index in [1.807, 2.05) is 12.2 Å². The molecule has 0 aromatic carbocycles. The average molecular weight is 223 g/mol. The third-order valence-corrected chi connectivity index (χ3v) is 2.00. The van der Waals surface area contributed by atoms with E-state index in [0.29, 0.717) is 6.42 Å². The first-order valence-corrected chi connectivity index (χ1v) is 6.09. The van der Waals surface area contributed by atoms with Crippen molar-refractivity contribution >= 4 is 7.82 Å². The summed E-state index contributed by atoms with van der Waals surface area (Å²) in [5.74, 6) is 0. The van der Waals surface area contributed by atoms with E-state index in [-0.39, 0.29) is 12.6 Å². The highest BCUT2D eigenvalue weighted by atomic mass is 31.2. The van der Waals surface area contributed by atoms with Gasteiger partial charge >= 0.3 is 7.82 Å². The van der Waals surface area contributed by atoms with Crippen LogP contribution in [0.3, 0.4) is 0 Å². The fourth-order valence-electron chi connectivity index (χ4n) is 0.816. The van der Waals surface area contributed by atoms with E-state index in [0.717, 1.165) is 12.8 Å². The fraction of sp³-hybridized carbons (Fsp3) is 0.750. The second-order valence-corrected chi connectivity index (χ2v) is 4.28. The molecule has 0 heterocycles. The average Bonchev–Trinajstić information content (AvgIpc) is 2.08. The van der Waals surface area contributed by atoms with Gasteiger partial charge in [-0.1, -0.05) is 25.5 Å². The highest BCUT2D eigenvalue weighted by molar-refractivity contribution is 7.46. The van der Waals surface area contributed by atoms with Gasteiger partial charge in [0.25, 0.3) is 0 Å². The monoisotopic (exact) mass is 223 g/mol. The van der Waals surface area contributed by atoms with Crippen molar-refractivity contribution in [2.45, 2.75) is 32.2 Å². The zero-order chi connectivity index (χ0) is 11.0. The summed E-state index contributed by atoms with van der Waals surface area (Å²) >= 11 is 0. The van der Waals surface area contributed by atoms with Crippen molar-refractivity contribution < 1.29 is 18.9 Å². The smallest absolute Gasteiger partial charge is 0.325 e. The van der Waals surface area contributed by atoms with E-state index in [1.54, 1.807) is 0 Å². The van der Waals surface area contributed by atoms with Crippen molar-refractivity contribution in [1.29, 1.82) is 0 Å². The van der Waals surface area contributed by atoms with Crippen LogP contribution in [0.15, 0.2) is 12.2 Å². The first-order chi connectivity index (χ1) is 6.45. The first-order valence-electron chi connectivity index (χ1n) is 4.56. The van der Waals surface area contributed by atoms with Crippen molar-refractivity contribution in [3.63, 3.8) is 0 Å². The van der Waals surface area contributed by atoms with E-state index in [2.05, 4.69) is 11.4 Å². The summed E-state index contributed by atoms with van der Waals surface area (Å²) in [6, 6.07) is -0.365. The van der Waals surface area contributed by atoms with Gasteiger partial charge in [-0.05, 0) is 12.8 Å². The van der Waals surface area contributed by atoms with Gasteiger partial charge in [0.1, 0.15) is 0 Å². The number of hydrogen-bond donors (Lipinski definition) is 3. The van der Waals surface area contributed by atoms with Crippen molar-refractivity contribution in [2.75, 3.05) is 6.61 Å². The van der Waals surface area contributed by atoms with E-state index in [4.69, 9.17) is 15.5 Å². The number of phosphoric acid groups is 1. The summed E-state index contributed by atoms with van der Waals surface area (Å²) in [5, 5.41) is 0. The molecule has 0 aliphatic carbocycles. The maximum Gasteiger partial charge on any atom is 0.469 e. The molecule has 0 rings (SSSR count). The standard InChI is InChI=1S/C8H18NO4P/c1-2-3-4-5-6-8(9)7-13-14(10,11)12/h4-5,8H,2-3,6-7,9H2,1H3,(H2,10,11,12). The normalized spacial score (nSPS) is 14.9. The molecule has 84 valence electrons. The Bertz CT molecular complexity index is 213. The maximum absolute atomic E-state index is 10.3. The molecule has 0 bridgehead atoms. The van der Waals surface area contributed by atoms with Crippen LogP contribution in [0.5, 0.6) is 0 Å². The van der Waals surface area contributed by atoms with Crippen LogP contribution in [-0.2, 0) is 9.09 Å². The van der Waals surface area contributed by atoms with Crippen LogP contribution in [0.25, 0.3) is 0 Å². The van der Waals surface area contributed by atoms with Gasteiger partial charge in [0.2, 0.25) is 0 Å². The lowest BCUT2D eigenvalue weighted by Gasteiger charge is -2.10. The Kier molecular flexibility index (Phi) is 7.05. The molecule has 14 heavy (non-hydrogen) atoms. The Morgan fingerprint density at radius 1 is 1.50 bits per heavy atom. The highest BCUT2D eigenvalue weighted by Crippen LogP contribution is 2.35. The zero-order valence-electron chi connectivity index (χ0n) is 8.30. The van der Waals surface area contributed by atoms with Gasteiger partial charge in [-0.15, -0.1) is 0 Å². The Balaban J connectivity index is 3.56. The van der Waals surface area contributed by atoms with Gasteiger partial charge in [-0.2, -0.15) is 0 Å². The number of nitrogens with two attached hydrogens (primary N) is 1. The van der Waals surface area contributed by atoms with Gasteiger partial charge in [0, 0.05) is 6.04 Å². The van der Waals surface area contributed by atoms with E-state index in [9.17, 15) is 4.57 Å². The fourth-order valence-corrected chi connectivity index (χ4v) is 1.20. The van der Waals surface area contributed by atoms with Gasteiger partial charge < -0.3 is 15.5 Å². The van der Waals surface area contributed by atoms with E-state index >= 15 is 0 Å². The van der Waals surface area contributed by atoms with E-state index < -0.39 is 7.82 Å². The van der Waals surface area contributed by atoms with Crippen LogP contribution in [-0.4, -0.2) is 22.4 Å². The summed E-state index contributed by atoms with van der Waals surface area (Å²) in [6.45, 7) is 1.95. The molecule has 0 aliphatic heterocycles. The quantitative estimate of drug-likeness (QED) is 0.445. The van der Waals surface area contributed by atoms with Crippen LogP contribution in [0.1, 0.15) is 26.2 Å². The van der Waals surface area contributed by atoms with Crippen LogP contribution in [0.2, 0.25) is 0 Å². The summed E-state index contributed by atoms with van der Waals surface area (Å²) < 4.78 is 14.6. The SMILES string of the molecule is CCCC=CCC(N)COP(=O)(O)O. The molecule has 0 fully saturated rings. The van der Waals surface area contributed by atoms with Gasteiger partial charge in [0.15, 0.2) is 0 Å². The largest absolute Gasteiger partial charge is 0.469 e. The van der Waals surface area contributed by atoms with Gasteiger partial charge in [-0.25, -0.2) is 4.57 Å². The van der Waals surface area contributed by atoms with Gasteiger partial charge in [0.05, 0.1) is 6.61 Å². The Labute approximate surface area is 84.2 Å². The molecule has 5 nitrogen and oxygen atoms in total. The summed E-state index contributed by atoms with van der Waals surface area (Å²) in [5.41, 5.74) is 5.54. The van der Waals surface area contributed by atoms with Crippen molar-refractivity contribution in [3.05, 3.63) is 12.2 Å². The molecule has 0 amide bonds. The topological polar surface area (TPSA) is 92.8 Å². The summed E-state index contributed by atoms with van der Waals surface area (Å²) in [4.78, 5) is 16.8. The van der Waals surface area contributed by atoms with Crippen molar-refractivity contribution in [2.24, 2.45) is 5.73 Å². The molecule has 0 spiro atoms. The second kappa shape index (κ2) is 7.15. The number of unbranched alkanes of at least 4 members (excludes halogenated alkanes) is 1. The zero-order valence-corrected chi connectivity index (χ0v) is 9.19. The lowest BCUT2D eigenvalue weighted by atomic mass is 10.2. The lowest BCUT2D eigenvalue weighted by Crippen LogP contribution is -2.24. The molecule has 4 N–H and O–H groups in total. The minimum atomic E-state index is -4.37. The lowest BCUT2D eigenvalue weighted by molar-refractivity contribution is 0.186. The number of phosphoric ester groups is 1. The molecular weight excluding hydrogens is 205 g/mol. The third kappa shape index (κ3) is 9.89. The summed E-state index contributed by atoms with van der Waals surface area (Å²) in [7, 11) is -4.37. The maximum atomic E-state index is 10.3. The third-order valence-electron chi connectivity index (χ3n) is 1.52.